The van der Waals surface area contributed by atoms with Crippen molar-refractivity contribution in [3.8, 4) is 17.0 Å². The van der Waals surface area contributed by atoms with Crippen molar-refractivity contribution in [2.45, 2.75) is 25.6 Å². The van der Waals surface area contributed by atoms with E-state index in [4.69, 9.17) is 43.2 Å². The molecule has 238 valence electrons. The van der Waals surface area contributed by atoms with Crippen molar-refractivity contribution in [3.05, 3.63) is 99.9 Å². The molecule has 45 heavy (non-hydrogen) atoms. The summed E-state index contributed by atoms with van der Waals surface area (Å²) in [4.78, 5) is 15.9. The molecule has 4 aromatic rings. The number of rotatable bonds is 13. The number of ether oxygens (including phenoxy) is 1. The summed E-state index contributed by atoms with van der Waals surface area (Å²) in [6.45, 7) is -0.578. The van der Waals surface area contributed by atoms with Gasteiger partial charge in [0.25, 0.3) is 10.2 Å². The molecular formula is C30H27Cl2F3N4O5S. The number of halogens is 5. The second-order valence-corrected chi connectivity index (χ2v) is 12.1. The highest BCUT2D eigenvalue weighted by atomic mass is 35.5. The quantitative estimate of drug-likeness (QED) is 0.148. The van der Waals surface area contributed by atoms with E-state index in [1.54, 1.807) is 72.9 Å². The largest absolute Gasteiger partial charge is 0.494 e. The number of benzene rings is 3. The molecule has 0 fully saturated rings. The Hall–Kier alpha value is -4.04. The fourth-order valence-corrected chi connectivity index (χ4v) is 5.45. The Morgan fingerprint density at radius 1 is 1.04 bits per heavy atom. The van der Waals surface area contributed by atoms with Crippen LogP contribution in [0.1, 0.15) is 29.8 Å². The summed E-state index contributed by atoms with van der Waals surface area (Å²) >= 11 is 12.5. The first-order chi connectivity index (χ1) is 21.2. The number of nitrogens with zero attached hydrogens (tertiary/aromatic N) is 3. The van der Waals surface area contributed by atoms with Crippen molar-refractivity contribution in [3.63, 3.8) is 0 Å². The van der Waals surface area contributed by atoms with Crippen LogP contribution in [-0.4, -0.2) is 48.4 Å². The normalized spacial score (nSPS) is 12.0. The standard InChI is InChI=1S/C30H27Cl2F3N4O5S/c31-22-7-12-25(26(32)16-22)27-18-38(17-21-2-8-23(9-3-21)39(19-29(40)41)45(36,42)43)28(37-27)13-6-20-4-10-24(11-5-20)44-15-1-14-30(33,34)35/h2-13,16,18H,1,14-15,17,19H2,(H,40,41)(H2,36,42,43)/b13-6+. The fraction of sp³-hybridized carbons (Fsp3) is 0.200. The minimum atomic E-state index is -4.32. The van der Waals surface area contributed by atoms with Crippen LogP contribution in [0.15, 0.2) is 72.9 Å². The topological polar surface area (TPSA) is 128 Å². The van der Waals surface area contributed by atoms with Crippen LogP contribution in [0.5, 0.6) is 5.75 Å². The highest BCUT2D eigenvalue weighted by Gasteiger charge is 2.26. The molecule has 0 spiro atoms. The van der Waals surface area contributed by atoms with Gasteiger partial charge in [-0.3, -0.25) is 4.79 Å². The van der Waals surface area contributed by atoms with Gasteiger partial charge < -0.3 is 14.4 Å². The van der Waals surface area contributed by atoms with E-state index in [1.807, 2.05) is 4.57 Å². The number of alkyl halides is 3. The molecule has 0 atom stereocenters. The van der Waals surface area contributed by atoms with Crippen molar-refractivity contribution in [2.75, 3.05) is 17.5 Å². The second-order valence-electron chi connectivity index (χ2n) is 9.82. The number of hydrogen-bond acceptors (Lipinski definition) is 5. The average molecular weight is 684 g/mol. The third-order valence-electron chi connectivity index (χ3n) is 6.36. The predicted octanol–water partition coefficient (Wildman–Crippen LogP) is 6.89. The van der Waals surface area contributed by atoms with Gasteiger partial charge in [0.2, 0.25) is 0 Å². The number of nitrogens with two attached hydrogens (primary N) is 1. The Balaban J connectivity index is 1.57. The summed E-state index contributed by atoms with van der Waals surface area (Å²) in [5.74, 6) is -0.368. The zero-order valence-corrected chi connectivity index (χ0v) is 25.7. The predicted molar refractivity (Wildman–Crippen MR) is 167 cm³/mol. The van der Waals surface area contributed by atoms with Crippen LogP contribution in [0.4, 0.5) is 18.9 Å². The lowest BCUT2D eigenvalue weighted by atomic mass is 10.1. The lowest BCUT2D eigenvalue weighted by Gasteiger charge is -2.20. The van der Waals surface area contributed by atoms with Gasteiger partial charge in [0.15, 0.2) is 0 Å². The molecule has 0 unspecified atom stereocenters. The van der Waals surface area contributed by atoms with E-state index >= 15 is 0 Å². The molecule has 1 aromatic heterocycles. The number of imidazole rings is 1. The lowest BCUT2D eigenvalue weighted by Crippen LogP contribution is -2.40. The van der Waals surface area contributed by atoms with Crippen molar-refractivity contribution in [1.82, 2.24) is 9.55 Å². The molecule has 1 heterocycles. The van der Waals surface area contributed by atoms with E-state index in [-0.39, 0.29) is 18.7 Å². The van der Waals surface area contributed by atoms with Gasteiger partial charge in [-0.2, -0.15) is 21.6 Å². The monoisotopic (exact) mass is 682 g/mol. The van der Waals surface area contributed by atoms with E-state index in [2.05, 4.69) is 0 Å². The third-order valence-corrected chi connectivity index (χ3v) is 7.86. The van der Waals surface area contributed by atoms with Gasteiger partial charge in [-0.15, -0.1) is 0 Å². The Morgan fingerprint density at radius 3 is 2.33 bits per heavy atom. The molecule has 15 heteroatoms. The number of carbonyl (C=O) groups is 1. The van der Waals surface area contributed by atoms with Crippen molar-refractivity contribution >= 4 is 57.2 Å². The molecule has 0 aliphatic rings. The third kappa shape index (κ3) is 9.98. The maximum atomic E-state index is 12.3. The number of carboxylic acids is 1. The van der Waals surface area contributed by atoms with E-state index < -0.39 is 35.3 Å². The molecule has 9 nitrogen and oxygen atoms in total. The summed E-state index contributed by atoms with van der Waals surface area (Å²) in [5, 5.41) is 15.2. The van der Waals surface area contributed by atoms with Crippen LogP contribution < -0.4 is 14.2 Å². The number of carboxylic acid groups (broad SMARTS) is 1. The molecule has 3 N–H and O–H groups in total. The van der Waals surface area contributed by atoms with Gasteiger partial charge in [-0.1, -0.05) is 53.5 Å². The van der Waals surface area contributed by atoms with Crippen LogP contribution in [0.25, 0.3) is 23.4 Å². The van der Waals surface area contributed by atoms with E-state index in [0.29, 0.717) is 43.7 Å². The highest BCUT2D eigenvalue weighted by molar-refractivity contribution is 7.90. The Morgan fingerprint density at radius 2 is 1.73 bits per heavy atom. The molecule has 4 rings (SSSR count). The maximum absolute atomic E-state index is 12.3. The summed E-state index contributed by atoms with van der Waals surface area (Å²) in [7, 11) is -4.32. The van der Waals surface area contributed by atoms with Crippen molar-refractivity contribution in [1.29, 1.82) is 0 Å². The van der Waals surface area contributed by atoms with Crippen LogP contribution >= 0.6 is 23.2 Å². The van der Waals surface area contributed by atoms with Crippen LogP contribution in [0.2, 0.25) is 10.0 Å². The SMILES string of the molecule is NS(=O)(=O)N(CC(=O)O)c1ccc(Cn2cc(-c3ccc(Cl)cc3Cl)nc2/C=C/c2ccc(OCCCC(F)(F)F)cc2)cc1. The molecule has 0 radical (unpaired) electrons. The summed E-state index contributed by atoms with van der Waals surface area (Å²) in [6, 6.07) is 18.1. The number of hydrogen-bond donors (Lipinski definition) is 2. The Bertz CT molecular complexity index is 1780. The molecular weight excluding hydrogens is 656 g/mol. The minimum Gasteiger partial charge on any atom is -0.494 e. The molecule has 0 aliphatic carbocycles. The summed E-state index contributed by atoms with van der Waals surface area (Å²) < 4.78 is 68.7. The van der Waals surface area contributed by atoms with Gasteiger partial charge in [-0.05, 0) is 66.1 Å². The van der Waals surface area contributed by atoms with Gasteiger partial charge in [0.1, 0.15) is 18.1 Å². The lowest BCUT2D eigenvalue weighted by molar-refractivity contribution is -0.137. The summed E-state index contributed by atoms with van der Waals surface area (Å²) in [5.41, 5.74) is 2.84. The smallest absolute Gasteiger partial charge is 0.389 e. The fourth-order valence-electron chi connectivity index (χ4n) is 4.24. The average Bonchev–Trinajstić information content (AvgIpc) is 3.35. The Kier molecular flexibility index (Phi) is 10.8. The van der Waals surface area contributed by atoms with Gasteiger partial charge >= 0.3 is 12.1 Å². The number of aliphatic carboxylic acids is 1. The van der Waals surface area contributed by atoms with Crippen molar-refractivity contribution < 1.29 is 36.2 Å². The molecule has 0 saturated carbocycles. The van der Waals surface area contributed by atoms with E-state index in [9.17, 15) is 26.4 Å². The van der Waals surface area contributed by atoms with Crippen LogP contribution in [0, 0.1) is 0 Å². The zero-order chi connectivity index (χ0) is 32.8. The first-order valence-corrected chi connectivity index (χ1v) is 15.6. The number of anilines is 1. The first-order valence-electron chi connectivity index (χ1n) is 13.3. The van der Waals surface area contributed by atoms with E-state index in [1.165, 1.54) is 12.1 Å². The second kappa shape index (κ2) is 14.4. The maximum Gasteiger partial charge on any atom is 0.389 e. The minimum absolute atomic E-state index is 0.0528. The van der Waals surface area contributed by atoms with E-state index in [0.717, 1.165) is 11.1 Å². The highest BCUT2D eigenvalue weighted by Crippen LogP contribution is 2.31. The molecule has 0 aliphatic heterocycles. The molecule has 0 bridgehead atoms. The van der Waals surface area contributed by atoms with Gasteiger partial charge in [0.05, 0.1) is 23.0 Å². The zero-order valence-electron chi connectivity index (χ0n) is 23.4. The first kappa shape index (κ1) is 33.8. The summed E-state index contributed by atoms with van der Waals surface area (Å²) in [6.07, 6.45) is 0.106. The van der Waals surface area contributed by atoms with Crippen molar-refractivity contribution in [2.24, 2.45) is 5.14 Å². The van der Waals surface area contributed by atoms with Gasteiger partial charge in [-0.25, -0.2) is 14.4 Å². The van der Waals surface area contributed by atoms with Crippen LogP contribution in [-0.2, 0) is 21.5 Å². The molecule has 3 aromatic carbocycles. The number of aromatic nitrogens is 2. The molecule has 0 saturated heterocycles. The van der Waals surface area contributed by atoms with Crippen LogP contribution in [0.3, 0.4) is 0 Å². The Labute approximate surface area is 267 Å². The molecule has 0 amide bonds. The van der Waals surface area contributed by atoms with Gasteiger partial charge in [0, 0.05) is 29.7 Å².